The van der Waals surface area contributed by atoms with Crippen LogP contribution in [0.2, 0.25) is 0 Å². The summed E-state index contributed by atoms with van der Waals surface area (Å²) >= 11 is 0. The molecule has 2 amide bonds. The fraction of sp³-hybridized carbons (Fsp3) is 0.417. The van der Waals surface area contributed by atoms with E-state index in [0.717, 1.165) is 11.1 Å². The Balaban J connectivity index is 1.37. The highest BCUT2D eigenvalue weighted by Crippen LogP contribution is 2.52. The van der Waals surface area contributed by atoms with Gasteiger partial charge in [0.2, 0.25) is 11.8 Å². The predicted molar refractivity (Wildman–Crippen MR) is 114 cm³/mol. The van der Waals surface area contributed by atoms with Crippen molar-refractivity contribution >= 4 is 11.8 Å². The molecular formula is C24H26N4O3. The second kappa shape index (κ2) is 7.27. The summed E-state index contributed by atoms with van der Waals surface area (Å²) in [6, 6.07) is 6.28. The van der Waals surface area contributed by atoms with Gasteiger partial charge < -0.3 is 14.5 Å². The number of benzene rings is 1. The Morgan fingerprint density at radius 2 is 2.16 bits per heavy atom. The van der Waals surface area contributed by atoms with Gasteiger partial charge in [-0.2, -0.15) is 0 Å². The summed E-state index contributed by atoms with van der Waals surface area (Å²) < 4.78 is 6.26. The van der Waals surface area contributed by atoms with E-state index in [1.165, 1.54) is 5.56 Å². The smallest absolute Gasteiger partial charge is 0.230 e. The lowest BCUT2D eigenvalue weighted by Gasteiger charge is -2.27. The van der Waals surface area contributed by atoms with Crippen molar-refractivity contribution in [3.63, 3.8) is 0 Å². The van der Waals surface area contributed by atoms with E-state index in [1.807, 2.05) is 17.1 Å². The minimum atomic E-state index is -0.701. The molecule has 2 bridgehead atoms. The molecule has 0 saturated carbocycles. The van der Waals surface area contributed by atoms with Gasteiger partial charge in [0.25, 0.3) is 0 Å². The fourth-order valence-electron chi connectivity index (χ4n) is 5.16. The summed E-state index contributed by atoms with van der Waals surface area (Å²) in [6.45, 7) is 5.47. The van der Waals surface area contributed by atoms with Crippen molar-refractivity contribution in [2.24, 2.45) is 11.8 Å². The zero-order valence-electron chi connectivity index (χ0n) is 18.0. The Morgan fingerprint density at radius 1 is 1.32 bits per heavy atom. The molecular weight excluding hydrogens is 392 g/mol. The van der Waals surface area contributed by atoms with E-state index in [1.54, 1.807) is 30.5 Å². The molecule has 0 unspecified atom stereocenters. The number of nitrogens with zero attached hydrogens (tertiary/aromatic N) is 4. The number of likely N-dealkylation sites (tertiary alicyclic amines) is 1. The number of hydrogen-bond donors (Lipinski definition) is 0. The first kappa shape index (κ1) is 19.9. The average molecular weight is 418 g/mol. The van der Waals surface area contributed by atoms with Crippen molar-refractivity contribution < 1.29 is 14.3 Å². The van der Waals surface area contributed by atoms with Crippen LogP contribution in [0.4, 0.5) is 0 Å². The molecule has 2 aromatic rings. The lowest BCUT2D eigenvalue weighted by Crippen LogP contribution is -2.44. The van der Waals surface area contributed by atoms with Gasteiger partial charge in [-0.25, -0.2) is 0 Å². The third-order valence-electron chi connectivity index (χ3n) is 6.72. The monoisotopic (exact) mass is 418 g/mol. The molecule has 0 radical (unpaired) electrons. The standard InChI is InChI=1S/C24H26N4O3/c1-15-4-5-16(2)17(10-15)12-28-14-24-7-6-19(31-24)20(21(24)23(28)30)22(29)27(3)13-18-11-25-8-9-26-18/h4-11,19-21H,12-14H2,1-3H3/t19-,20-,21-,24-/m0/s1. The number of aryl methyl sites for hydroxylation is 2. The summed E-state index contributed by atoms with van der Waals surface area (Å²) in [5.41, 5.74) is 3.46. The van der Waals surface area contributed by atoms with Gasteiger partial charge in [0.1, 0.15) is 5.60 Å². The maximum atomic E-state index is 13.5. The van der Waals surface area contributed by atoms with Crippen LogP contribution < -0.4 is 0 Å². The number of fused-ring (bicyclic) bond motifs is 1. The number of hydrogen-bond acceptors (Lipinski definition) is 5. The molecule has 1 aromatic heterocycles. The normalized spacial score (nSPS) is 28.3. The van der Waals surface area contributed by atoms with Crippen LogP contribution in [0, 0.1) is 25.7 Å². The molecule has 4 heterocycles. The van der Waals surface area contributed by atoms with Crippen molar-refractivity contribution in [2.45, 2.75) is 38.6 Å². The minimum Gasteiger partial charge on any atom is -0.360 e. The largest absolute Gasteiger partial charge is 0.360 e. The average Bonchev–Trinajstić information content (AvgIpc) is 3.39. The van der Waals surface area contributed by atoms with Crippen LogP contribution >= 0.6 is 0 Å². The summed E-state index contributed by atoms with van der Waals surface area (Å²) in [5, 5.41) is 0. The fourth-order valence-corrected chi connectivity index (χ4v) is 5.16. The van der Waals surface area contributed by atoms with Gasteiger partial charge in [0, 0.05) is 26.0 Å². The first-order valence-electron chi connectivity index (χ1n) is 10.6. The van der Waals surface area contributed by atoms with E-state index in [2.05, 4.69) is 42.0 Å². The van der Waals surface area contributed by atoms with Crippen LogP contribution in [-0.2, 0) is 27.4 Å². The van der Waals surface area contributed by atoms with E-state index in [-0.39, 0.29) is 17.9 Å². The molecule has 3 aliphatic rings. The molecule has 0 aliphatic carbocycles. The second-order valence-corrected chi connectivity index (χ2v) is 8.92. The topological polar surface area (TPSA) is 75.6 Å². The third-order valence-corrected chi connectivity index (χ3v) is 6.72. The summed E-state index contributed by atoms with van der Waals surface area (Å²) in [7, 11) is 1.74. The van der Waals surface area contributed by atoms with Gasteiger partial charge in [-0.1, -0.05) is 35.9 Å². The number of carbonyl (C=O) groups is 2. The molecule has 3 aliphatic heterocycles. The van der Waals surface area contributed by atoms with Crippen molar-refractivity contribution in [1.29, 1.82) is 0 Å². The quantitative estimate of drug-likeness (QED) is 0.695. The highest BCUT2D eigenvalue weighted by molar-refractivity contribution is 5.93. The highest BCUT2D eigenvalue weighted by atomic mass is 16.5. The molecule has 5 rings (SSSR count). The van der Waals surface area contributed by atoms with Crippen LogP contribution in [0.3, 0.4) is 0 Å². The highest BCUT2D eigenvalue weighted by Gasteiger charge is 2.67. The summed E-state index contributed by atoms with van der Waals surface area (Å²) in [6.07, 6.45) is 8.45. The molecule has 4 atom stereocenters. The molecule has 2 saturated heterocycles. The maximum Gasteiger partial charge on any atom is 0.230 e. The van der Waals surface area contributed by atoms with E-state index in [0.29, 0.717) is 25.3 Å². The third kappa shape index (κ3) is 3.24. The van der Waals surface area contributed by atoms with Crippen LogP contribution in [-0.4, -0.2) is 56.9 Å². The molecule has 7 heteroatoms. The maximum absolute atomic E-state index is 13.5. The molecule has 7 nitrogen and oxygen atoms in total. The second-order valence-electron chi connectivity index (χ2n) is 8.92. The molecule has 1 spiro atoms. The molecule has 160 valence electrons. The van der Waals surface area contributed by atoms with Gasteiger partial charge in [0.05, 0.1) is 42.9 Å². The zero-order valence-corrected chi connectivity index (χ0v) is 18.0. The van der Waals surface area contributed by atoms with Crippen molar-refractivity contribution in [3.05, 3.63) is 71.3 Å². The number of amides is 2. The summed E-state index contributed by atoms with van der Waals surface area (Å²) in [4.78, 5) is 38.7. The van der Waals surface area contributed by atoms with Crippen LogP contribution in [0.1, 0.15) is 22.4 Å². The van der Waals surface area contributed by atoms with E-state index in [4.69, 9.17) is 4.74 Å². The Labute approximate surface area is 181 Å². The van der Waals surface area contributed by atoms with Gasteiger partial charge in [-0.3, -0.25) is 19.6 Å². The number of carbonyl (C=O) groups excluding carboxylic acids is 2. The van der Waals surface area contributed by atoms with Gasteiger partial charge >= 0.3 is 0 Å². The Kier molecular flexibility index (Phi) is 4.66. The van der Waals surface area contributed by atoms with Crippen molar-refractivity contribution in [3.8, 4) is 0 Å². The molecule has 1 aromatic carbocycles. The first-order valence-corrected chi connectivity index (χ1v) is 10.6. The van der Waals surface area contributed by atoms with Gasteiger partial charge in [0.15, 0.2) is 0 Å². The molecule has 31 heavy (non-hydrogen) atoms. The zero-order chi connectivity index (χ0) is 21.8. The van der Waals surface area contributed by atoms with E-state index >= 15 is 0 Å². The van der Waals surface area contributed by atoms with E-state index in [9.17, 15) is 9.59 Å². The lowest BCUT2D eigenvalue weighted by atomic mass is 9.76. The van der Waals surface area contributed by atoms with Crippen LogP contribution in [0.25, 0.3) is 0 Å². The van der Waals surface area contributed by atoms with Crippen LogP contribution in [0.15, 0.2) is 48.9 Å². The Bertz CT molecular complexity index is 1070. The van der Waals surface area contributed by atoms with Crippen molar-refractivity contribution in [2.75, 3.05) is 13.6 Å². The number of rotatable bonds is 5. The first-order chi connectivity index (χ1) is 14.9. The van der Waals surface area contributed by atoms with Crippen molar-refractivity contribution in [1.82, 2.24) is 19.8 Å². The van der Waals surface area contributed by atoms with Gasteiger partial charge in [-0.15, -0.1) is 0 Å². The van der Waals surface area contributed by atoms with E-state index < -0.39 is 17.4 Å². The number of aromatic nitrogens is 2. The van der Waals surface area contributed by atoms with Gasteiger partial charge in [-0.05, 0) is 25.0 Å². The SMILES string of the molecule is Cc1ccc(C)c(CN2C[C@]34C=C[C@H](O3)[C@H](C(=O)N(C)Cc3cnccn3)[C@H]4C2=O)c1. The van der Waals surface area contributed by atoms with Crippen LogP contribution in [0.5, 0.6) is 0 Å². The molecule has 0 N–H and O–H groups in total. The Hall–Kier alpha value is -3.06. The Morgan fingerprint density at radius 3 is 2.94 bits per heavy atom. The summed E-state index contributed by atoms with van der Waals surface area (Å²) in [5.74, 6) is -1.08. The minimum absolute atomic E-state index is 0.000918. The lowest BCUT2D eigenvalue weighted by molar-refractivity contribution is -0.143. The molecule has 2 fully saturated rings. The number of ether oxygens (including phenoxy) is 1. The predicted octanol–water partition coefficient (Wildman–Crippen LogP) is 2.03.